The molecular weight excluding hydrogens is 248 g/mol. The van der Waals surface area contributed by atoms with Crippen LogP contribution in [0.4, 0.5) is 0 Å². The molecular formula is C13H20N2O4. The standard InChI is InChI=1S/C9H10N2O4.C4H10/c1-11-4-2-3-6(9(11)15)8(14)10-5-7(12)13;1-4(2)3/h2-4H,5H2,1H3,(H,10,14)(H,12,13);4H,1-3H3. The van der Waals surface area contributed by atoms with Crippen LogP contribution < -0.4 is 10.9 Å². The molecule has 0 aliphatic heterocycles. The third kappa shape index (κ3) is 7.03. The Morgan fingerprint density at radius 2 is 1.89 bits per heavy atom. The molecule has 19 heavy (non-hydrogen) atoms. The van der Waals surface area contributed by atoms with Gasteiger partial charge in [0.05, 0.1) is 0 Å². The van der Waals surface area contributed by atoms with Crippen molar-refractivity contribution in [3.63, 3.8) is 0 Å². The highest BCUT2D eigenvalue weighted by Crippen LogP contribution is 1.90. The Morgan fingerprint density at radius 3 is 2.37 bits per heavy atom. The molecule has 1 aromatic rings. The van der Waals surface area contributed by atoms with E-state index < -0.39 is 24.0 Å². The van der Waals surface area contributed by atoms with E-state index in [9.17, 15) is 14.4 Å². The summed E-state index contributed by atoms with van der Waals surface area (Å²) in [7, 11) is 1.51. The molecule has 1 rings (SSSR count). The normalized spacial score (nSPS) is 9.53. The molecule has 1 heterocycles. The fourth-order valence-corrected chi connectivity index (χ4v) is 1.02. The number of carbonyl (C=O) groups excluding carboxylic acids is 1. The Kier molecular flexibility index (Phi) is 7.18. The molecule has 0 saturated carbocycles. The molecule has 1 aromatic heterocycles. The lowest BCUT2D eigenvalue weighted by Gasteiger charge is -2.02. The fraction of sp³-hybridized carbons (Fsp3) is 0.462. The monoisotopic (exact) mass is 268 g/mol. The Bertz CT molecular complexity index is 489. The lowest BCUT2D eigenvalue weighted by molar-refractivity contribution is -0.135. The summed E-state index contributed by atoms with van der Waals surface area (Å²) in [5.74, 6) is -1.00. The van der Waals surface area contributed by atoms with Crippen molar-refractivity contribution in [2.45, 2.75) is 20.8 Å². The zero-order chi connectivity index (χ0) is 15.0. The molecule has 0 aliphatic carbocycles. The van der Waals surface area contributed by atoms with Gasteiger partial charge in [-0.15, -0.1) is 0 Å². The number of aromatic nitrogens is 1. The maximum absolute atomic E-state index is 11.4. The fourth-order valence-electron chi connectivity index (χ4n) is 1.02. The first-order chi connectivity index (χ1) is 8.75. The molecule has 2 N–H and O–H groups in total. The van der Waals surface area contributed by atoms with E-state index in [1.165, 1.54) is 29.9 Å². The molecule has 0 aromatic carbocycles. The van der Waals surface area contributed by atoms with Gasteiger partial charge in [-0.3, -0.25) is 14.4 Å². The minimum absolute atomic E-state index is 0.0683. The lowest BCUT2D eigenvalue weighted by Crippen LogP contribution is -2.34. The number of hydrogen-bond acceptors (Lipinski definition) is 3. The van der Waals surface area contributed by atoms with Crippen molar-refractivity contribution in [2.75, 3.05) is 6.54 Å². The number of carboxylic acid groups (broad SMARTS) is 1. The van der Waals surface area contributed by atoms with Gasteiger partial charge in [0.2, 0.25) is 0 Å². The average molecular weight is 268 g/mol. The van der Waals surface area contributed by atoms with Crippen molar-refractivity contribution in [3.8, 4) is 0 Å². The highest BCUT2D eigenvalue weighted by Gasteiger charge is 2.11. The number of hydrogen-bond donors (Lipinski definition) is 2. The average Bonchev–Trinajstić information content (AvgIpc) is 2.29. The van der Waals surface area contributed by atoms with Crippen molar-refractivity contribution in [1.29, 1.82) is 0 Å². The summed E-state index contributed by atoms with van der Waals surface area (Å²) in [4.78, 5) is 32.9. The van der Waals surface area contributed by atoms with Gasteiger partial charge in [0.15, 0.2) is 0 Å². The van der Waals surface area contributed by atoms with Gasteiger partial charge in [-0.05, 0) is 18.1 Å². The second kappa shape index (κ2) is 8.07. The maximum Gasteiger partial charge on any atom is 0.322 e. The highest BCUT2D eigenvalue weighted by molar-refractivity contribution is 5.95. The molecule has 0 bridgehead atoms. The number of rotatable bonds is 3. The van der Waals surface area contributed by atoms with Crippen LogP contribution in [0.5, 0.6) is 0 Å². The molecule has 6 nitrogen and oxygen atoms in total. The van der Waals surface area contributed by atoms with E-state index in [2.05, 4.69) is 26.1 Å². The Balaban J connectivity index is 0.000000711. The van der Waals surface area contributed by atoms with E-state index >= 15 is 0 Å². The SMILES string of the molecule is CC(C)C.Cn1cccc(C(=O)NCC(=O)O)c1=O. The van der Waals surface area contributed by atoms with Crippen LogP contribution in [0.3, 0.4) is 0 Å². The quantitative estimate of drug-likeness (QED) is 0.851. The number of aliphatic carboxylic acids is 1. The number of carbonyl (C=O) groups is 2. The molecule has 106 valence electrons. The van der Waals surface area contributed by atoms with E-state index in [1.54, 1.807) is 0 Å². The van der Waals surface area contributed by atoms with Crippen molar-refractivity contribution >= 4 is 11.9 Å². The van der Waals surface area contributed by atoms with Gasteiger partial charge in [-0.1, -0.05) is 20.8 Å². The molecule has 6 heteroatoms. The van der Waals surface area contributed by atoms with Gasteiger partial charge < -0.3 is 15.0 Å². The zero-order valence-corrected chi connectivity index (χ0v) is 11.6. The predicted molar refractivity (Wildman–Crippen MR) is 72.2 cm³/mol. The topological polar surface area (TPSA) is 88.4 Å². The molecule has 0 saturated heterocycles. The molecule has 0 aliphatic rings. The Labute approximate surface area is 112 Å². The van der Waals surface area contributed by atoms with E-state index in [1.807, 2.05) is 0 Å². The number of amides is 1. The number of pyridine rings is 1. The highest BCUT2D eigenvalue weighted by atomic mass is 16.4. The summed E-state index contributed by atoms with van der Waals surface area (Å²) >= 11 is 0. The third-order valence-electron chi connectivity index (χ3n) is 1.77. The van der Waals surface area contributed by atoms with Gasteiger partial charge in [0.1, 0.15) is 12.1 Å². The number of nitrogens with one attached hydrogen (secondary N) is 1. The van der Waals surface area contributed by atoms with Crippen LogP contribution >= 0.6 is 0 Å². The van der Waals surface area contributed by atoms with E-state index in [-0.39, 0.29) is 5.56 Å². The number of aryl methyl sites for hydroxylation is 1. The largest absolute Gasteiger partial charge is 0.480 e. The first-order valence-electron chi connectivity index (χ1n) is 5.91. The van der Waals surface area contributed by atoms with Crippen LogP contribution in [0.25, 0.3) is 0 Å². The van der Waals surface area contributed by atoms with E-state index in [4.69, 9.17) is 5.11 Å². The van der Waals surface area contributed by atoms with Crippen molar-refractivity contribution in [2.24, 2.45) is 13.0 Å². The molecule has 0 spiro atoms. The number of carboxylic acids is 1. The number of nitrogens with zero attached hydrogens (tertiary/aromatic N) is 1. The molecule has 0 unspecified atom stereocenters. The summed E-state index contributed by atoms with van der Waals surface area (Å²) < 4.78 is 1.25. The van der Waals surface area contributed by atoms with Crippen molar-refractivity contribution in [3.05, 3.63) is 34.2 Å². The summed E-state index contributed by atoms with van der Waals surface area (Å²) in [5.41, 5.74) is -0.526. The van der Waals surface area contributed by atoms with Crippen LogP contribution in [-0.4, -0.2) is 28.1 Å². The van der Waals surface area contributed by atoms with Gasteiger partial charge in [0.25, 0.3) is 11.5 Å². The molecule has 1 amide bonds. The van der Waals surface area contributed by atoms with Crippen molar-refractivity contribution < 1.29 is 14.7 Å². The van der Waals surface area contributed by atoms with Gasteiger partial charge >= 0.3 is 5.97 Å². The summed E-state index contributed by atoms with van der Waals surface area (Å²) in [6.45, 7) is 6.00. The Hall–Kier alpha value is -2.11. The summed E-state index contributed by atoms with van der Waals surface area (Å²) in [5, 5.41) is 10.4. The zero-order valence-electron chi connectivity index (χ0n) is 11.6. The first kappa shape index (κ1) is 16.9. The Morgan fingerprint density at radius 1 is 1.37 bits per heavy atom. The van der Waals surface area contributed by atoms with Crippen LogP contribution in [0, 0.1) is 5.92 Å². The van der Waals surface area contributed by atoms with Gasteiger partial charge in [-0.25, -0.2) is 0 Å². The third-order valence-corrected chi connectivity index (χ3v) is 1.77. The second-order valence-electron chi connectivity index (χ2n) is 4.65. The van der Waals surface area contributed by atoms with E-state index in [0.717, 1.165) is 5.92 Å². The van der Waals surface area contributed by atoms with Crippen LogP contribution in [0.2, 0.25) is 0 Å². The van der Waals surface area contributed by atoms with Crippen LogP contribution in [0.15, 0.2) is 23.1 Å². The maximum atomic E-state index is 11.4. The molecule has 0 fully saturated rings. The predicted octanol–water partition coefficient (Wildman–Crippen LogP) is 0.862. The minimum Gasteiger partial charge on any atom is -0.480 e. The van der Waals surface area contributed by atoms with Crippen molar-refractivity contribution in [1.82, 2.24) is 9.88 Å². The molecule has 0 atom stereocenters. The van der Waals surface area contributed by atoms with Crippen LogP contribution in [-0.2, 0) is 11.8 Å². The summed E-state index contributed by atoms with van der Waals surface area (Å²) in [6.07, 6.45) is 1.51. The van der Waals surface area contributed by atoms with Gasteiger partial charge in [0, 0.05) is 13.2 Å². The smallest absolute Gasteiger partial charge is 0.322 e. The first-order valence-corrected chi connectivity index (χ1v) is 5.91. The molecule has 0 radical (unpaired) electrons. The minimum atomic E-state index is -1.16. The second-order valence-corrected chi connectivity index (χ2v) is 4.65. The summed E-state index contributed by atoms with van der Waals surface area (Å²) in [6, 6.07) is 2.89. The van der Waals surface area contributed by atoms with Crippen LogP contribution in [0.1, 0.15) is 31.1 Å². The van der Waals surface area contributed by atoms with Gasteiger partial charge in [-0.2, -0.15) is 0 Å². The lowest BCUT2D eigenvalue weighted by atomic mass is 10.2. The van der Waals surface area contributed by atoms with E-state index in [0.29, 0.717) is 0 Å².